The molecule has 0 bridgehead atoms. The van der Waals surface area contributed by atoms with Gasteiger partial charge in [-0.15, -0.1) is 6.58 Å². The minimum absolute atomic E-state index is 0.123. The number of amides is 1. The average molecular weight is 285 g/mol. The highest BCUT2D eigenvalue weighted by molar-refractivity contribution is 5.94. The van der Waals surface area contributed by atoms with Crippen LogP contribution in [-0.4, -0.2) is 53.4 Å². The number of aromatic nitrogens is 1. The van der Waals surface area contributed by atoms with Crippen molar-refractivity contribution >= 4 is 5.91 Å². The molecule has 2 saturated heterocycles. The maximum atomic E-state index is 12.4. The third-order valence-electron chi connectivity index (χ3n) is 4.68. The van der Waals surface area contributed by atoms with Crippen LogP contribution < -0.4 is 0 Å². The molecule has 3 heterocycles. The van der Waals surface area contributed by atoms with Crippen LogP contribution in [0.2, 0.25) is 0 Å². The number of hydrogen-bond donors (Lipinski definition) is 0. The van der Waals surface area contributed by atoms with Crippen LogP contribution >= 0.6 is 0 Å². The van der Waals surface area contributed by atoms with Crippen LogP contribution in [0.25, 0.3) is 0 Å². The van der Waals surface area contributed by atoms with E-state index in [1.165, 1.54) is 6.42 Å². The first-order valence-corrected chi connectivity index (χ1v) is 7.73. The lowest BCUT2D eigenvalue weighted by Gasteiger charge is -2.48. The Morgan fingerprint density at radius 1 is 1.43 bits per heavy atom. The molecule has 3 rings (SSSR count). The molecule has 4 heteroatoms. The van der Waals surface area contributed by atoms with Crippen molar-refractivity contribution in [3.63, 3.8) is 0 Å². The van der Waals surface area contributed by atoms with Crippen LogP contribution in [0.3, 0.4) is 0 Å². The van der Waals surface area contributed by atoms with Crippen LogP contribution in [0.1, 0.15) is 29.4 Å². The number of hydrogen-bond acceptors (Lipinski definition) is 3. The van der Waals surface area contributed by atoms with E-state index >= 15 is 0 Å². The van der Waals surface area contributed by atoms with Gasteiger partial charge < -0.3 is 4.90 Å². The summed E-state index contributed by atoms with van der Waals surface area (Å²) in [6, 6.07) is 3.85. The van der Waals surface area contributed by atoms with Gasteiger partial charge in [-0.25, -0.2) is 0 Å². The zero-order chi connectivity index (χ0) is 14.9. The van der Waals surface area contributed by atoms with Crippen LogP contribution in [0.15, 0.2) is 31.0 Å². The Morgan fingerprint density at radius 2 is 2.24 bits per heavy atom. The Bertz CT molecular complexity index is 531. The van der Waals surface area contributed by atoms with Crippen molar-refractivity contribution in [2.75, 3.05) is 32.7 Å². The number of carbonyl (C=O) groups excluding carboxylic acids is 1. The molecule has 0 aliphatic carbocycles. The molecule has 21 heavy (non-hydrogen) atoms. The fraction of sp³-hybridized carbons (Fsp3) is 0.529. The van der Waals surface area contributed by atoms with E-state index in [9.17, 15) is 4.79 Å². The van der Waals surface area contributed by atoms with Gasteiger partial charge in [0.05, 0.1) is 5.56 Å². The van der Waals surface area contributed by atoms with Gasteiger partial charge in [0.15, 0.2) is 0 Å². The molecule has 0 unspecified atom stereocenters. The molecule has 1 spiro atoms. The zero-order valence-electron chi connectivity index (χ0n) is 12.7. The molecule has 0 saturated carbocycles. The van der Waals surface area contributed by atoms with E-state index in [2.05, 4.69) is 23.4 Å². The molecule has 1 amide bonds. The lowest BCUT2D eigenvalue weighted by Crippen LogP contribution is -2.59. The summed E-state index contributed by atoms with van der Waals surface area (Å²) >= 11 is 0. The minimum atomic E-state index is 0.123. The summed E-state index contributed by atoms with van der Waals surface area (Å²) < 4.78 is 0. The van der Waals surface area contributed by atoms with E-state index in [1.807, 2.05) is 23.1 Å². The van der Waals surface area contributed by atoms with Gasteiger partial charge >= 0.3 is 0 Å². The van der Waals surface area contributed by atoms with Crippen molar-refractivity contribution in [2.45, 2.75) is 19.8 Å². The van der Waals surface area contributed by atoms with Crippen LogP contribution in [0, 0.1) is 5.41 Å². The largest absolute Gasteiger partial charge is 0.337 e. The van der Waals surface area contributed by atoms with Crippen molar-refractivity contribution in [2.24, 2.45) is 5.41 Å². The molecular weight excluding hydrogens is 262 g/mol. The van der Waals surface area contributed by atoms with Crippen LogP contribution in [0.4, 0.5) is 0 Å². The summed E-state index contributed by atoms with van der Waals surface area (Å²) in [4.78, 5) is 21.1. The predicted octanol–water partition coefficient (Wildman–Crippen LogP) is 1.98. The summed E-state index contributed by atoms with van der Waals surface area (Å²) in [6.45, 7) is 10.8. The molecule has 0 radical (unpaired) electrons. The Morgan fingerprint density at radius 3 is 2.86 bits per heavy atom. The summed E-state index contributed by atoms with van der Waals surface area (Å²) in [7, 11) is 0. The molecule has 1 aromatic heterocycles. The number of rotatable bonds is 4. The average Bonchev–Trinajstić information content (AvgIpc) is 2.90. The number of nitrogens with zero attached hydrogens (tertiary/aromatic N) is 3. The highest BCUT2D eigenvalue weighted by Gasteiger charge is 2.48. The topological polar surface area (TPSA) is 36.4 Å². The third kappa shape index (κ3) is 2.72. The number of carbonyl (C=O) groups is 1. The SMILES string of the molecule is C=CCN1CCC2(C1)CN(C(=O)c1ccc(CC)nc1)C2. The van der Waals surface area contributed by atoms with Gasteiger partial charge in [-0.05, 0) is 31.5 Å². The van der Waals surface area contributed by atoms with E-state index in [0.717, 1.165) is 44.8 Å². The summed E-state index contributed by atoms with van der Waals surface area (Å²) in [5, 5.41) is 0. The van der Waals surface area contributed by atoms with Gasteiger partial charge in [-0.3, -0.25) is 14.7 Å². The molecule has 2 aliphatic rings. The normalized spacial score (nSPS) is 20.5. The molecule has 2 aliphatic heterocycles. The van der Waals surface area contributed by atoms with Gasteiger partial charge in [-0.1, -0.05) is 13.0 Å². The van der Waals surface area contributed by atoms with Crippen molar-refractivity contribution in [3.05, 3.63) is 42.2 Å². The molecule has 2 fully saturated rings. The Balaban J connectivity index is 1.58. The molecule has 0 N–H and O–H groups in total. The quantitative estimate of drug-likeness (QED) is 0.794. The summed E-state index contributed by atoms with van der Waals surface area (Å²) in [5.74, 6) is 0.123. The standard InChI is InChI=1S/C17H23N3O/c1-3-8-19-9-7-17(11-19)12-20(13-17)16(21)14-5-6-15(4-2)18-10-14/h3,5-6,10H,1,4,7-9,11-13H2,2H3. The van der Waals surface area contributed by atoms with E-state index in [-0.39, 0.29) is 5.91 Å². The lowest BCUT2D eigenvalue weighted by atomic mass is 9.79. The highest BCUT2D eigenvalue weighted by atomic mass is 16.2. The first-order valence-electron chi connectivity index (χ1n) is 7.73. The van der Waals surface area contributed by atoms with E-state index in [1.54, 1.807) is 6.20 Å². The monoisotopic (exact) mass is 285 g/mol. The van der Waals surface area contributed by atoms with Gasteiger partial charge in [0, 0.05) is 43.5 Å². The van der Waals surface area contributed by atoms with Gasteiger partial charge in [0.2, 0.25) is 0 Å². The van der Waals surface area contributed by atoms with E-state index in [0.29, 0.717) is 11.0 Å². The maximum absolute atomic E-state index is 12.4. The Hall–Kier alpha value is -1.68. The molecule has 1 aromatic rings. The second-order valence-corrected chi connectivity index (χ2v) is 6.33. The molecule has 0 aromatic carbocycles. The zero-order valence-corrected chi connectivity index (χ0v) is 12.7. The second-order valence-electron chi connectivity index (χ2n) is 6.33. The molecule has 4 nitrogen and oxygen atoms in total. The van der Waals surface area contributed by atoms with Gasteiger partial charge in [0.1, 0.15) is 0 Å². The van der Waals surface area contributed by atoms with Crippen molar-refractivity contribution in [3.8, 4) is 0 Å². The fourth-order valence-corrected chi connectivity index (χ4v) is 3.47. The minimum Gasteiger partial charge on any atom is -0.337 e. The molecular formula is C17H23N3O. The van der Waals surface area contributed by atoms with Crippen molar-refractivity contribution < 1.29 is 4.79 Å². The van der Waals surface area contributed by atoms with Crippen molar-refractivity contribution in [1.82, 2.24) is 14.8 Å². The smallest absolute Gasteiger partial charge is 0.255 e. The summed E-state index contributed by atoms with van der Waals surface area (Å²) in [6.07, 6.45) is 5.77. The van der Waals surface area contributed by atoms with E-state index < -0.39 is 0 Å². The van der Waals surface area contributed by atoms with Crippen molar-refractivity contribution in [1.29, 1.82) is 0 Å². The third-order valence-corrected chi connectivity index (χ3v) is 4.68. The first-order chi connectivity index (χ1) is 10.2. The lowest BCUT2D eigenvalue weighted by molar-refractivity contribution is 0.0112. The molecule has 112 valence electrons. The number of pyridine rings is 1. The summed E-state index contributed by atoms with van der Waals surface area (Å²) in [5.41, 5.74) is 2.07. The van der Waals surface area contributed by atoms with Crippen LogP contribution in [-0.2, 0) is 6.42 Å². The number of likely N-dealkylation sites (tertiary alicyclic amines) is 2. The predicted molar refractivity (Wildman–Crippen MR) is 83.2 cm³/mol. The first kappa shape index (κ1) is 14.3. The second kappa shape index (κ2) is 5.60. The Labute approximate surface area is 126 Å². The fourth-order valence-electron chi connectivity index (χ4n) is 3.47. The molecule has 0 atom stereocenters. The number of aryl methyl sites for hydroxylation is 1. The van der Waals surface area contributed by atoms with Gasteiger partial charge in [0.25, 0.3) is 5.91 Å². The highest BCUT2D eigenvalue weighted by Crippen LogP contribution is 2.39. The maximum Gasteiger partial charge on any atom is 0.255 e. The van der Waals surface area contributed by atoms with Gasteiger partial charge in [-0.2, -0.15) is 0 Å². The van der Waals surface area contributed by atoms with Crippen LogP contribution in [0.5, 0.6) is 0 Å². The van der Waals surface area contributed by atoms with E-state index in [4.69, 9.17) is 0 Å². The Kier molecular flexibility index (Phi) is 3.81.